The highest BCUT2D eigenvalue weighted by Gasteiger charge is 2.31. The third-order valence-electron chi connectivity index (χ3n) is 3.20. The Morgan fingerprint density at radius 3 is 2.78 bits per heavy atom. The van der Waals surface area contributed by atoms with Crippen LogP contribution in [0.3, 0.4) is 0 Å². The number of aromatic nitrogens is 2. The predicted octanol–water partition coefficient (Wildman–Crippen LogP) is 3.92. The molecule has 1 N–H and O–H groups in total. The van der Waals surface area contributed by atoms with Gasteiger partial charge in [0.2, 0.25) is 21.1 Å². The van der Waals surface area contributed by atoms with Gasteiger partial charge < -0.3 is 0 Å². The number of amides is 1. The van der Waals surface area contributed by atoms with Gasteiger partial charge in [-0.05, 0) is 25.1 Å². The lowest BCUT2D eigenvalue weighted by Gasteiger charge is -2.28. The van der Waals surface area contributed by atoms with Gasteiger partial charge in [0.05, 0.1) is 17.0 Å². The van der Waals surface area contributed by atoms with Crippen molar-refractivity contribution in [3.05, 3.63) is 40.9 Å². The molecular weight excluding hydrogens is 451 g/mol. The van der Waals surface area contributed by atoms with Crippen molar-refractivity contribution in [2.45, 2.75) is 17.3 Å². The monoisotopic (exact) mass is 466 g/mol. The minimum atomic E-state index is -3.82. The van der Waals surface area contributed by atoms with E-state index in [9.17, 15) is 13.2 Å². The van der Waals surface area contributed by atoms with E-state index in [1.165, 1.54) is 48.2 Å². The number of sulfonamides is 1. The Hall–Kier alpha value is -1.33. The minimum Gasteiger partial charge on any atom is -0.299 e. The van der Waals surface area contributed by atoms with Gasteiger partial charge in [-0.3, -0.25) is 14.4 Å². The van der Waals surface area contributed by atoms with Gasteiger partial charge in [-0.25, -0.2) is 8.42 Å². The highest BCUT2D eigenvalue weighted by Crippen LogP contribution is 2.32. The molecule has 1 atom stereocenters. The number of nitrogens with one attached hydrogen (secondary N) is 1. The van der Waals surface area contributed by atoms with E-state index < -0.39 is 22.0 Å². The number of hydrogen-bond donors (Lipinski definition) is 1. The maximum absolute atomic E-state index is 12.6. The lowest BCUT2D eigenvalue weighted by molar-refractivity contribution is -0.116. The second-order valence-electron chi connectivity index (χ2n) is 5.29. The van der Waals surface area contributed by atoms with Gasteiger partial charge in [-0.1, -0.05) is 52.4 Å². The van der Waals surface area contributed by atoms with Gasteiger partial charge in [-0.15, -0.1) is 16.8 Å². The second-order valence-corrected chi connectivity index (χ2v) is 10.2. The average molecular weight is 467 g/mol. The first-order chi connectivity index (χ1) is 12.6. The molecule has 27 heavy (non-hydrogen) atoms. The molecule has 146 valence electrons. The first-order valence-corrected chi connectivity index (χ1v) is 11.9. The highest BCUT2D eigenvalue weighted by atomic mass is 35.5. The van der Waals surface area contributed by atoms with E-state index in [2.05, 4.69) is 22.1 Å². The number of benzene rings is 1. The largest absolute Gasteiger partial charge is 0.299 e. The van der Waals surface area contributed by atoms with Gasteiger partial charge in [0.15, 0.2) is 4.34 Å². The van der Waals surface area contributed by atoms with E-state index in [0.29, 0.717) is 15.1 Å². The normalized spacial score (nSPS) is 12.4. The first kappa shape index (κ1) is 22.0. The Morgan fingerprint density at radius 1 is 1.44 bits per heavy atom. The number of carbonyl (C=O) groups is 1. The molecule has 0 spiro atoms. The lowest BCUT2D eigenvalue weighted by atomic mass is 10.2. The topological polar surface area (TPSA) is 92.3 Å². The van der Waals surface area contributed by atoms with Crippen LogP contribution in [0.4, 0.5) is 10.8 Å². The summed E-state index contributed by atoms with van der Waals surface area (Å²) in [5, 5.41) is 11.1. The van der Waals surface area contributed by atoms with E-state index in [1.54, 1.807) is 6.08 Å². The molecule has 1 aromatic heterocycles. The summed E-state index contributed by atoms with van der Waals surface area (Å²) in [6.07, 6.45) is 2.72. The fourth-order valence-corrected chi connectivity index (χ4v) is 5.21. The summed E-state index contributed by atoms with van der Waals surface area (Å²) < 4.78 is 26.2. The van der Waals surface area contributed by atoms with Crippen molar-refractivity contribution in [1.82, 2.24) is 10.2 Å². The molecule has 1 heterocycles. The Balaban J connectivity index is 2.26. The molecule has 0 fully saturated rings. The standard InChI is InChI=1S/C15H16Cl2N4O3S3/c1-4-7-25-15-20-19-14(26-15)18-13(22)9(2)21(27(3,23)24)12-8-10(16)5-6-11(12)17/h4-6,8-9H,1,7H2,2-3H3,(H,18,19,22)/t9-/m0/s1. The molecule has 0 aliphatic heterocycles. The van der Waals surface area contributed by atoms with Crippen molar-refractivity contribution >= 4 is 73.0 Å². The molecule has 2 rings (SSSR count). The maximum atomic E-state index is 12.6. The molecule has 0 radical (unpaired) electrons. The summed E-state index contributed by atoms with van der Waals surface area (Å²) in [6.45, 7) is 5.07. The van der Waals surface area contributed by atoms with Crippen molar-refractivity contribution in [3.8, 4) is 0 Å². The molecule has 0 bridgehead atoms. The smallest absolute Gasteiger partial charge is 0.249 e. The van der Waals surface area contributed by atoms with Crippen LogP contribution in [0.1, 0.15) is 6.92 Å². The molecule has 7 nitrogen and oxygen atoms in total. The fourth-order valence-electron chi connectivity index (χ4n) is 2.09. The summed E-state index contributed by atoms with van der Waals surface area (Å²) >= 11 is 14.7. The number of hydrogen-bond acceptors (Lipinski definition) is 7. The van der Waals surface area contributed by atoms with Crippen LogP contribution in [-0.2, 0) is 14.8 Å². The molecule has 2 aromatic rings. The van der Waals surface area contributed by atoms with Crippen molar-refractivity contribution in [1.29, 1.82) is 0 Å². The average Bonchev–Trinajstić information content (AvgIpc) is 3.02. The SMILES string of the molecule is C=CCSc1nnc(NC(=O)[C@H](C)N(c2cc(Cl)ccc2Cl)S(C)(=O)=O)s1. The van der Waals surface area contributed by atoms with Crippen LogP contribution in [0.15, 0.2) is 35.2 Å². The van der Waals surface area contributed by atoms with Crippen molar-refractivity contribution in [2.75, 3.05) is 21.6 Å². The van der Waals surface area contributed by atoms with Crippen LogP contribution < -0.4 is 9.62 Å². The van der Waals surface area contributed by atoms with E-state index >= 15 is 0 Å². The molecule has 0 saturated heterocycles. The van der Waals surface area contributed by atoms with Crippen LogP contribution in [0.5, 0.6) is 0 Å². The maximum Gasteiger partial charge on any atom is 0.249 e. The minimum absolute atomic E-state index is 0.119. The predicted molar refractivity (Wildman–Crippen MR) is 113 cm³/mol. The number of anilines is 2. The summed E-state index contributed by atoms with van der Waals surface area (Å²) in [6, 6.07) is 3.30. The Kier molecular flexibility index (Phi) is 7.52. The summed E-state index contributed by atoms with van der Waals surface area (Å²) in [5.74, 6) is 0.0848. The third kappa shape index (κ3) is 5.82. The van der Waals surface area contributed by atoms with Crippen LogP contribution in [-0.4, -0.2) is 42.6 Å². The Bertz CT molecular complexity index is 950. The number of carbonyl (C=O) groups excluding carboxylic acids is 1. The number of thioether (sulfide) groups is 1. The number of halogens is 2. The second kappa shape index (κ2) is 9.24. The fraction of sp³-hybridized carbons (Fsp3) is 0.267. The summed E-state index contributed by atoms with van der Waals surface area (Å²) in [7, 11) is -3.82. The van der Waals surface area contributed by atoms with Gasteiger partial charge in [0.25, 0.3) is 0 Å². The van der Waals surface area contributed by atoms with Gasteiger partial charge >= 0.3 is 0 Å². The molecule has 0 saturated carbocycles. The number of nitrogens with zero attached hydrogens (tertiary/aromatic N) is 3. The van der Waals surface area contributed by atoms with Gasteiger partial charge in [0, 0.05) is 10.8 Å². The molecule has 0 unspecified atom stereocenters. The molecule has 0 aliphatic rings. The van der Waals surface area contributed by atoms with Crippen molar-refractivity contribution in [3.63, 3.8) is 0 Å². The van der Waals surface area contributed by atoms with Crippen molar-refractivity contribution in [2.24, 2.45) is 0 Å². The zero-order valence-corrected chi connectivity index (χ0v) is 18.3. The first-order valence-electron chi connectivity index (χ1n) is 7.46. The van der Waals surface area contributed by atoms with Crippen LogP contribution in [0.2, 0.25) is 10.0 Å². The molecule has 12 heteroatoms. The van der Waals surface area contributed by atoms with E-state index in [1.807, 2.05) is 0 Å². The third-order valence-corrected chi connectivity index (χ3v) is 6.95. The Labute approximate surface area is 175 Å². The van der Waals surface area contributed by atoms with Crippen molar-refractivity contribution < 1.29 is 13.2 Å². The lowest BCUT2D eigenvalue weighted by Crippen LogP contribution is -2.45. The summed E-state index contributed by atoms with van der Waals surface area (Å²) in [4.78, 5) is 12.6. The van der Waals surface area contributed by atoms with Crippen LogP contribution in [0.25, 0.3) is 0 Å². The van der Waals surface area contributed by atoms with Gasteiger partial charge in [0.1, 0.15) is 6.04 Å². The zero-order chi connectivity index (χ0) is 20.2. The van der Waals surface area contributed by atoms with E-state index in [0.717, 1.165) is 10.6 Å². The van der Waals surface area contributed by atoms with E-state index in [-0.39, 0.29) is 15.8 Å². The molecule has 1 aromatic carbocycles. The molecule has 1 amide bonds. The zero-order valence-electron chi connectivity index (χ0n) is 14.3. The molecule has 0 aliphatic carbocycles. The Morgan fingerprint density at radius 2 is 2.15 bits per heavy atom. The van der Waals surface area contributed by atoms with Crippen LogP contribution in [0, 0.1) is 0 Å². The van der Waals surface area contributed by atoms with E-state index in [4.69, 9.17) is 23.2 Å². The highest BCUT2D eigenvalue weighted by molar-refractivity contribution is 8.01. The molecular formula is C15H16Cl2N4O3S3. The summed E-state index contributed by atoms with van der Waals surface area (Å²) in [5.41, 5.74) is 0.119. The van der Waals surface area contributed by atoms with Crippen LogP contribution >= 0.6 is 46.3 Å². The number of rotatable bonds is 8. The van der Waals surface area contributed by atoms with Gasteiger partial charge in [-0.2, -0.15) is 0 Å². The quantitative estimate of drug-likeness (QED) is 0.360.